The Balaban J connectivity index is 1.60. The van der Waals surface area contributed by atoms with E-state index >= 15 is 0 Å². The van der Waals surface area contributed by atoms with Gasteiger partial charge in [-0.3, -0.25) is 0 Å². The van der Waals surface area contributed by atoms with E-state index in [1.54, 1.807) is 11.6 Å². The molecule has 0 N–H and O–H groups in total. The maximum atomic E-state index is 13.7. The van der Waals surface area contributed by atoms with E-state index in [0.29, 0.717) is 18.7 Å². The van der Waals surface area contributed by atoms with Gasteiger partial charge < -0.3 is 4.74 Å². The number of sulfonamides is 1. The largest absolute Gasteiger partial charge is 0.495 e. The van der Waals surface area contributed by atoms with E-state index in [2.05, 4.69) is 5.10 Å². The Morgan fingerprint density at radius 1 is 1.10 bits per heavy atom. The van der Waals surface area contributed by atoms with Crippen molar-refractivity contribution in [2.24, 2.45) is 7.05 Å². The van der Waals surface area contributed by atoms with Gasteiger partial charge in [0.25, 0.3) is 0 Å². The molecule has 3 aromatic rings. The number of rotatable bonds is 5. The third-order valence-corrected chi connectivity index (χ3v) is 7.45. The average Bonchev–Trinajstić information content (AvgIpc) is 3.08. The number of nitrogens with zero attached hydrogens (tertiary/aromatic N) is 4. The van der Waals surface area contributed by atoms with Crippen molar-refractivity contribution in [3.8, 4) is 11.4 Å². The van der Waals surface area contributed by atoms with Crippen LogP contribution in [0.5, 0.6) is 5.75 Å². The Hall–Kier alpha value is -2.98. The summed E-state index contributed by atoms with van der Waals surface area (Å²) in [6.45, 7) is 0.457. The van der Waals surface area contributed by atoms with Crippen LogP contribution in [0.15, 0.2) is 58.2 Å². The van der Waals surface area contributed by atoms with Gasteiger partial charge in [0, 0.05) is 26.1 Å². The Kier molecular flexibility index (Phi) is 5.67. The molecule has 2 aromatic carbocycles. The normalized spacial score (nSPS) is 15.8. The predicted molar refractivity (Wildman–Crippen MR) is 112 cm³/mol. The van der Waals surface area contributed by atoms with E-state index in [0.717, 1.165) is 17.8 Å². The summed E-state index contributed by atoms with van der Waals surface area (Å²) < 4.78 is 49.3. The topological polar surface area (TPSA) is 86.4 Å². The molecular formula is C21H23FN4O4S. The van der Waals surface area contributed by atoms with Crippen LogP contribution in [0.3, 0.4) is 0 Å². The summed E-state index contributed by atoms with van der Waals surface area (Å²) in [5.74, 6) is -0.0187. The lowest BCUT2D eigenvalue weighted by Gasteiger charge is -2.31. The van der Waals surface area contributed by atoms with E-state index in [1.165, 1.54) is 22.2 Å². The summed E-state index contributed by atoms with van der Waals surface area (Å²) in [6, 6.07) is 12.7. The fourth-order valence-corrected chi connectivity index (χ4v) is 5.55. The molecule has 4 rings (SSSR count). The molecule has 0 amide bonds. The minimum absolute atomic E-state index is 0.0880. The number of aryl methyl sites for hydroxylation is 1. The molecule has 0 unspecified atom stereocenters. The van der Waals surface area contributed by atoms with Crippen LogP contribution >= 0.6 is 0 Å². The highest BCUT2D eigenvalue weighted by molar-refractivity contribution is 7.89. The Labute approximate surface area is 179 Å². The standard InChI is InChI=1S/C21H23FN4O4S/c1-24-21(27)26(17-6-4-3-5-7-17)20(23-24)15-10-12-25(13-11-15)31(28,29)19-14-16(22)8-9-18(19)30-2/h3-9,14-15H,10-13H2,1-2H3. The quantitative estimate of drug-likeness (QED) is 0.600. The molecule has 8 nitrogen and oxygen atoms in total. The molecule has 0 atom stereocenters. The van der Waals surface area contributed by atoms with Crippen LogP contribution in [0.1, 0.15) is 24.6 Å². The highest BCUT2D eigenvalue weighted by atomic mass is 32.2. The molecule has 0 saturated carbocycles. The minimum atomic E-state index is -3.92. The summed E-state index contributed by atoms with van der Waals surface area (Å²) in [7, 11) is -0.976. The lowest BCUT2D eigenvalue weighted by Crippen LogP contribution is -2.38. The number of para-hydroxylation sites is 1. The number of aromatic nitrogens is 3. The third kappa shape index (κ3) is 3.88. The van der Waals surface area contributed by atoms with Gasteiger partial charge >= 0.3 is 5.69 Å². The fourth-order valence-electron chi connectivity index (χ4n) is 3.91. The molecule has 0 radical (unpaired) electrons. The van der Waals surface area contributed by atoms with Gasteiger partial charge in [-0.05, 0) is 43.2 Å². The van der Waals surface area contributed by atoms with Gasteiger partial charge in [-0.15, -0.1) is 0 Å². The van der Waals surface area contributed by atoms with Crippen LogP contribution in [-0.4, -0.2) is 47.3 Å². The van der Waals surface area contributed by atoms with E-state index in [1.807, 2.05) is 30.3 Å². The Morgan fingerprint density at radius 2 is 1.77 bits per heavy atom. The van der Waals surface area contributed by atoms with Crippen molar-refractivity contribution in [2.75, 3.05) is 20.2 Å². The van der Waals surface area contributed by atoms with E-state index in [-0.39, 0.29) is 35.3 Å². The molecular weight excluding hydrogens is 423 g/mol. The number of benzene rings is 2. The molecule has 2 heterocycles. The SMILES string of the molecule is COc1ccc(F)cc1S(=O)(=O)N1CCC(c2nn(C)c(=O)n2-c2ccccc2)CC1. The lowest BCUT2D eigenvalue weighted by molar-refractivity contribution is 0.309. The second-order valence-corrected chi connectivity index (χ2v) is 9.32. The molecule has 1 aliphatic rings. The predicted octanol–water partition coefficient (Wildman–Crippen LogP) is 2.29. The summed E-state index contributed by atoms with van der Waals surface area (Å²) >= 11 is 0. The molecule has 31 heavy (non-hydrogen) atoms. The average molecular weight is 447 g/mol. The van der Waals surface area contributed by atoms with Crippen LogP contribution in [0, 0.1) is 5.82 Å². The first-order chi connectivity index (χ1) is 14.8. The second kappa shape index (κ2) is 8.27. The van der Waals surface area contributed by atoms with Crippen molar-refractivity contribution in [1.29, 1.82) is 0 Å². The summed E-state index contributed by atoms with van der Waals surface area (Å²) in [5, 5.41) is 4.42. The number of hydrogen-bond acceptors (Lipinski definition) is 5. The monoisotopic (exact) mass is 446 g/mol. The van der Waals surface area contributed by atoms with Gasteiger partial charge in [0.1, 0.15) is 22.3 Å². The van der Waals surface area contributed by atoms with Gasteiger partial charge in [0.05, 0.1) is 12.8 Å². The van der Waals surface area contributed by atoms with Crippen molar-refractivity contribution in [2.45, 2.75) is 23.7 Å². The first-order valence-corrected chi connectivity index (χ1v) is 11.3. The molecule has 0 aliphatic carbocycles. The van der Waals surface area contributed by atoms with Crippen molar-refractivity contribution in [3.05, 3.63) is 70.7 Å². The molecule has 1 aromatic heterocycles. The maximum Gasteiger partial charge on any atom is 0.350 e. The number of halogens is 1. The maximum absolute atomic E-state index is 13.7. The third-order valence-electron chi connectivity index (χ3n) is 5.53. The second-order valence-electron chi connectivity index (χ2n) is 7.41. The van der Waals surface area contributed by atoms with Gasteiger partial charge in [0.15, 0.2) is 0 Å². The van der Waals surface area contributed by atoms with Crippen molar-refractivity contribution < 1.29 is 17.5 Å². The number of methoxy groups -OCH3 is 1. The Morgan fingerprint density at radius 3 is 2.42 bits per heavy atom. The molecule has 10 heteroatoms. The molecule has 1 fully saturated rings. The first-order valence-electron chi connectivity index (χ1n) is 9.88. The minimum Gasteiger partial charge on any atom is -0.495 e. The van der Waals surface area contributed by atoms with Crippen LogP contribution in [0.25, 0.3) is 5.69 Å². The smallest absolute Gasteiger partial charge is 0.350 e. The summed E-state index contributed by atoms with van der Waals surface area (Å²) in [5.41, 5.74) is 0.468. The van der Waals surface area contributed by atoms with Crippen LogP contribution in [0.4, 0.5) is 4.39 Å². The zero-order valence-electron chi connectivity index (χ0n) is 17.2. The van der Waals surface area contributed by atoms with Crippen molar-refractivity contribution in [3.63, 3.8) is 0 Å². The zero-order valence-corrected chi connectivity index (χ0v) is 18.0. The van der Waals surface area contributed by atoms with Crippen LogP contribution < -0.4 is 10.4 Å². The Bertz CT molecular complexity index is 1250. The molecule has 164 valence electrons. The highest BCUT2D eigenvalue weighted by Crippen LogP contribution is 2.33. The summed E-state index contributed by atoms with van der Waals surface area (Å²) in [6.07, 6.45) is 0.973. The van der Waals surface area contributed by atoms with Gasteiger partial charge in [-0.1, -0.05) is 18.2 Å². The number of piperidine rings is 1. The van der Waals surface area contributed by atoms with Gasteiger partial charge in [-0.25, -0.2) is 26.9 Å². The number of hydrogen-bond donors (Lipinski definition) is 0. The van der Waals surface area contributed by atoms with E-state index in [4.69, 9.17) is 4.74 Å². The van der Waals surface area contributed by atoms with Gasteiger partial charge in [-0.2, -0.15) is 9.40 Å². The first kappa shape index (κ1) is 21.3. The lowest BCUT2D eigenvalue weighted by atomic mass is 9.97. The summed E-state index contributed by atoms with van der Waals surface area (Å²) in [4.78, 5) is 12.5. The van der Waals surface area contributed by atoms with E-state index in [9.17, 15) is 17.6 Å². The van der Waals surface area contributed by atoms with Gasteiger partial charge in [0.2, 0.25) is 10.0 Å². The van der Waals surface area contributed by atoms with Crippen LogP contribution in [-0.2, 0) is 17.1 Å². The van der Waals surface area contributed by atoms with Crippen LogP contribution in [0.2, 0.25) is 0 Å². The molecule has 0 spiro atoms. The van der Waals surface area contributed by atoms with E-state index < -0.39 is 15.8 Å². The fraction of sp³-hybridized carbons (Fsp3) is 0.333. The molecule has 1 saturated heterocycles. The van der Waals surface area contributed by atoms with Crippen molar-refractivity contribution in [1.82, 2.24) is 18.7 Å². The number of ether oxygens (including phenoxy) is 1. The molecule has 1 aliphatic heterocycles. The highest BCUT2D eigenvalue weighted by Gasteiger charge is 2.34. The zero-order chi connectivity index (χ0) is 22.2. The molecule has 0 bridgehead atoms. The van der Waals surface area contributed by atoms with Crippen molar-refractivity contribution >= 4 is 10.0 Å².